The van der Waals surface area contributed by atoms with Gasteiger partial charge < -0.3 is 24.4 Å². The first-order chi connectivity index (χ1) is 17.4. The number of anilines is 1. The number of ether oxygens (including phenoxy) is 3. The summed E-state index contributed by atoms with van der Waals surface area (Å²) in [5.74, 6) is 0.397. The Kier molecular flexibility index (Phi) is 10.6. The van der Waals surface area contributed by atoms with Crippen LogP contribution in [0.4, 0.5) is 5.69 Å². The molecular weight excluding hydrogens is 498 g/mol. The van der Waals surface area contributed by atoms with E-state index in [9.17, 15) is 18.0 Å². The molecule has 0 heterocycles. The number of carbonyl (C=O) groups excluding carboxylic acids is 2. The summed E-state index contributed by atoms with van der Waals surface area (Å²) >= 11 is 0. The molecule has 2 amide bonds. The molecule has 10 nitrogen and oxygen atoms in total. The molecule has 0 saturated carbocycles. The van der Waals surface area contributed by atoms with Gasteiger partial charge in [0.15, 0.2) is 0 Å². The quantitative estimate of drug-likeness (QED) is 0.419. The van der Waals surface area contributed by atoms with Gasteiger partial charge in [0.05, 0.1) is 33.3 Å². The molecule has 2 rings (SSSR count). The largest absolute Gasteiger partial charge is 0.497 e. The molecule has 2 atom stereocenters. The molecular formula is C26H37N3O7S. The molecule has 2 aromatic rings. The van der Waals surface area contributed by atoms with Gasteiger partial charge in [0.2, 0.25) is 21.8 Å². The van der Waals surface area contributed by atoms with Gasteiger partial charge in [0, 0.05) is 18.7 Å². The van der Waals surface area contributed by atoms with Crippen LogP contribution >= 0.6 is 0 Å². The van der Waals surface area contributed by atoms with Crippen molar-refractivity contribution in [3.8, 4) is 17.2 Å². The molecule has 204 valence electrons. The first-order valence-corrected chi connectivity index (χ1v) is 13.7. The van der Waals surface area contributed by atoms with E-state index in [0.717, 1.165) is 22.5 Å². The summed E-state index contributed by atoms with van der Waals surface area (Å²) in [6.07, 6.45) is 1.73. The van der Waals surface area contributed by atoms with E-state index in [-0.39, 0.29) is 29.9 Å². The molecule has 0 aromatic heterocycles. The fourth-order valence-corrected chi connectivity index (χ4v) is 4.45. The van der Waals surface area contributed by atoms with Crippen molar-refractivity contribution in [3.05, 3.63) is 48.0 Å². The second-order valence-electron chi connectivity index (χ2n) is 8.67. The molecule has 37 heavy (non-hydrogen) atoms. The Balaban J connectivity index is 2.47. The number of amides is 2. The number of rotatable bonds is 13. The van der Waals surface area contributed by atoms with Crippen LogP contribution in [0.2, 0.25) is 0 Å². The highest BCUT2D eigenvalue weighted by atomic mass is 32.2. The van der Waals surface area contributed by atoms with Gasteiger partial charge in [-0.05, 0) is 50.1 Å². The summed E-state index contributed by atoms with van der Waals surface area (Å²) in [5.41, 5.74) is 0.904. The van der Waals surface area contributed by atoms with Gasteiger partial charge in [0.25, 0.3) is 0 Å². The predicted molar refractivity (Wildman–Crippen MR) is 143 cm³/mol. The smallest absolute Gasteiger partial charge is 0.244 e. The van der Waals surface area contributed by atoms with E-state index >= 15 is 0 Å². The Morgan fingerprint density at radius 3 is 2.19 bits per heavy atom. The lowest BCUT2D eigenvalue weighted by atomic mass is 10.1. The fourth-order valence-electron chi connectivity index (χ4n) is 3.60. The third-order valence-corrected chi connectivity index (χ3v) is 7.12. The number of sulfonamides is 1. The molecule has 0 aliphatic rings. The maximum Gasteiger partial charge on any atom is 0.244 e. The molecule has 2 aromatic carbocycles. The SMILES string of the molecule is CC[C@H](C)NC(=O)[C@@H](C)N(Cc1cccc(OC)c1)C(=O)CN(c1ccc(OC)cc1OC)S(C)(=O)=O. The van der Waals surface area contributed by atoms with Crippen LogP contribution in [0, 0.1) is 0 Å². The first-order valence-electron chi connectivity index (χ1n) is 11.9. The third kappa shape index (κ3) is 8.01. The second kappa shape index (κ2) is 13.2. The zero-order valence-electron chi connectivity index (χ0n) is 22.5. The van der Waals surface area contributed by atoms with Gasteiger partial charge in [-0.25, -0.2) is 8.42 Å². The zero-order valence-corrected chi connectivity index (χ0v) is 23.3. The molecule has 0 aliphatic heterocycles. The molecule has 0 radical (unpaired) electrons. The molecule has 1 N–H and O–H groups in total. The summed E-state index contributed by atoms with van der Waals surface area (Å²) in [6, 6.07) is 10.8. The van der Waals surface area contributed by atoms with Gasteiger partial charge in [-0.2, -0.15) is 0 Å². The lowest BCUT2D eigenvalue weighted by molar-refractivity contribution is -0.139. The number of hydrogen-bond acceptors (Lipinski definition) is 7. The monoisotopic (exact) mass is 535 g/mol. The molecule has 11 heteroatoms. The van der Waals surface area contributed by atoms with Crippen molar-refractivity contribution in [1.82, 2.24) is 10.2 Å². The van der Waals surface area contributed by atoms with Crippen LogP contribution in [-0.4, -0.2) is 71.3 Å². The maximum absolute atomic E-state index is 13.7. The normalized spacial score (nSPS) is 12.7. The minimum Gasteiger partial charge on any atom is -0.497 e. The van der Waals surface area contributed by atoms with Crippen LogP contribution in [0.5, 0.6) is 17.2 Å². The standard InChI is InChI=1S/C26H37N3O7S/c1-8-18(2)27-26(31)19(3)28(16-20-10-9-11-21(14-20)34-4)25(30)17-29(37(7,32)33)23-13-12-22(35-5)15-24(23)36-6/h9-15,18-19H,8,16-17H2,1-7H3,(H,27,31)/t18-,19+/m0/s1. The number of nitrogens with one attached hydrogen (secondary N) is 1. The molecule has 0 saturated heterocycles. The Bertz CT molecular complexity index is 1190. The van der Waals surface area contributed by atoms with Crippen LogP contribution < -0.4 is 23.8 Å². The van der Waals surface area contributed by atoms with Crippen molar-refractivity contribution in [3.63, 3.8) is 0 Å². The van der Waals surface area contributed by atoms with E-state index < -0.39 is 28.5 Å². The molecule has 0 fully saturated rings. The first kappa shape index (κ1) is 29.8. The van der Waals surface area contributed by atoms with E-state index in [4.69, 9.17) is 14.2 Å². The van der Waals surface area contributed by atoms with Crippen molar-refractivity contribution in [1.29, 1.82) is 0 Å². The average Bonchev–Trinajstić information content (AvgIpc) is 2.88. The lowest BCUT2D eigenvalue weighted by Gasteiger charge is -2.32. The average molecular weight is 536 g/mol. The van der Waals surface area contributed by atoms with Crippen LogP contribution in [0.15, 0.2) is 42.5 Å². The van der Waals surface area contributed by atoms with Crippen molar-refractivity contribution in [2.75, 3.05) is 38.4 Å². The topological polar surface area (TPSA) is 114 Å². The van der Waals surface area contributed by atoms with Gasteiger partial charge in [-0.15, -0.1) is 0 Å². The number of methoxy groups -OCH3 is 3. The Labute approximate surface area is 219 Å². The van der Waals surface area contributed by atoms with Gasteiger partial charge >= 0.3 is 0 Å². The van der Waals surface area contributed by atoms with E-state index in [0.29, 0.717) is 11.5 Å². The number of nitrogens with zero attached hydrogens (tertiary/aromatic N) is 2. The summed E-state index contributed by atoms with van der Waals surface area (Å²) in [5, 5.41) is 2.90. The highest BCUT2D eigenvalue weighted by molar-refractivity contribution is 7.92. The van der Waals surface area contributed by atoms with Crippen molar-refractivity contribution in [2.24, 2.45) is 0 Å². The highest BCUT2D eigenvalue weighted by Gasteiger charge is 2.31. The van der Waals surface area contributed by atoms with Gasteiger partial charge in [-0.3, -0.25) is 13.9 Å². The van der Waals surface area contributed by atoms with E-state index in [1.165, 1.54) is 38.4 Å². The summed E-state index contributed by atoms with van der Waals surface area (Å²) in [4.78, 5) is 28.1. The third-order valence-electron chi connectivity index (χ3n) is 5.99. The van der Waals surface area contributed by atoms with Crippen molar-refractivity contribution >= 4 is 27.5 Å². The van der Waals surface area contributed by atoms with Crippen LogP contribution in [0.3, 0.4) is 0 Å². The second-order valence-corrected chi connectivity index (χ2v) is 10.6. The molecule has 0 aliphatic carbocycles. The summed E-state index contributed by atoms with van der Waals surface area (Å²) in [7, 11) is 0.512. The van der Waals surface area contributed by atoms with E-state index in [2.05, 4.69) is 5.32 Å². The number of benzene rings is 2. The Hall–Kier alpha value is -3.47. The maximum atomic E-state index is 13.7. The van der Waals surface area contributed by atoms with Crippen LogP contribution in [0.1, 0.15) is 32.8 Å². The molecule has 0 spiro atoms. The minimum absolute atomic E-state index is 0.0719. The zero-order chi connectivity index (χ0) is 27.8. The van der Waals surface area contributed by atoms with Gasteiger partial charge in [0.1, 0.15) is 29.8 Å². The highest BCUT2D eigenvalue weighted by Crippen LogP contribution is 2.33. The minimum atomic E-state index is -3.91. The number of hydrogen-bond donors (Lipinski definition) is 1. The predicted octanol–water partition coefficient (Wildman–Crippen LogP) is 2.81. The van der Waals surface area contributed by atoms with E-state index in [1.54, 1.807) is 31.2 Å². The van der Waals surface area contributed by atoms with Gasteiger partial charge in [-0.1, -0.05) is 19.1 Å². The molecule has 0 unspecified atom stereocenters. The number of carbonyl (C=O) groups is 2. The molecule has 0 bridgehead atoms. The van der Waals surface area contributed by atoms with Crippen LogP contribution in [0.25, 0.3) is 0 Å². The van der Waals surface area contributed by atoms with Crippen molar-refractivity contribution < 1.29 is 32.2 Å². The fraction of sp³-hybridized carbons (Fsp3) is 0.462. The van der Waals surface area contributed by atoms with Crippen molar-refractivity contribution in [2.45, 2.75) is 45.8 Å². The van der Waals surface area contributed by atoms with Crippen LogP contribution in [-0.2, 0) is 26.2 Å². The summed E-state index contributed by atoms with van der Waals surface area (Å²) < 4.78 is 42.5. The van der Waals surface area contributed by atoms with E-state index in [1.807, 2.05) is 19.9 Å². The lowest BCUT2D eigenvalue weighted by Crippen LogP contribution is -2.52. The Morgan fingerprint density at radius 2 is 1.62 bits per heavy atom. The Morgan fingerprint density at radius 1 is 0.973 bits per heavy atom. The summed E-state index contributed by atoms with van der Waals surface area (Å²) in [6.45, 7) is 4.98.